The lowest BCUT2D eigenvalue weighted by Gasteiger charge is -2.00. The molecular formula is C11H11N2. The molecule has 65 valence electrons. The van der Waals surface area contributed by atoms with Gasteiger partial charge in [-0.25, -0.2) is 0 Å². The molecule has 13 heavy (non-hydrogen) atoms. The van der Waals surface area contributed by atoms with E-state index in [1.54, 1.807) is 0 Å². The minimum absolute atomic E-state index is 0.825. The van der Waals surface area contributed by atoms with Gasteiger partial charge in [-0.15, -0.1) is 0 Å². The van der Waals surface area contributed by atoms with E-state index in [9.17, 15) is 0 Å². The van der Waals surface area contributed by atoms with E-state index in [2.05, 4.69) is 23.3 Å². The van der Waals surface area contributed by atoms with E-state index in [-0.39, 0.29) is 0 Å². The van der Waals surface area contributed by atoms with Crippen LogP contribution in [0.3, 0.4) is 0 Å². The van der Waals surface area contributed by atoms with Crippen molar-refractivity contribution in [3.63, 3.8) is 0 Å². The second-order valence-corrected chi connectivity index (χ2v) is 3.04. The molecule has 0 saturated heterocycles. The van der Waals surface area contributed by atoms with Gasteiger partial charge in [-0.3, -0.25) is 4.68 Å². The van der Waals surface area contributed by atoms with Gasteiger partial charge in [-0.05, 0) is 12.5 Å². The van der Waals surface area contributed by atoms with Gasteiger partial charge in [-0.2, -0.15) is 5.10 Å². The van der Waals surface area contributed by atoms with E-state index in [4.69, 9.17) is 0 Å². The van der Waals surface area contributed by atoms with Crippen LogP contribution in [-0.2, 0) is 6.54 Å². The summed E-state index contributed by atoms with van der Waals surface area (Å²) in [5, 5.41) is 4.27. The highest BCUT2D eigenvalue weighted by Gasteiger charge is 1.95. The number of hydrogen-bond donors (Lipinski definition) is 0. The molecule has 0 bridgehead atoms. The molecule has 0 spiro atoms. The molecule has 0 saturated carbocycles. The molecule has 0 aliphatic carbocycles. The lowest BCUT2D eigenvalue weighted by atomic mass is 10.2. The van der Waals surface area contributed by atoms with E-state index in [1.165, 1.54) is 5.56 Å². The quantitative estimate of drug-likeness (QED) is 0.676. The summed E-state index contributed by atoms with van der Waals surface area (Å²) in [4.78, 5) is 0. The highest BCUT2D eigenvalue weighted by Crippen LogP contribution is 2.01. The smallest absolute Gasteiger partial charge is 0.0673 e. The number of aromatic nitrogens is 2. The molecule has 1 radical (unpaired) electrons. The summed E-state index contributed by atoms with van der Waals surface area (Å²) in [6.07, 6.45) is 1.88. The van der Waals surface area contributed by atoms with E-state index in [1.807, 2.05) is 36.0 Å². The van der Waals surface area contributed by atoms with Crippen LogP contribution in [0.5, 0.6) is 0 Å². The third-order valence-electron chi connectivity index (χ3n) is 1.89. The van der Waals surface area contributed by atoms with E-state index >= 15 is 0 Å². The van der Waals surface area contributed by atoms with Crippen LogP contribution in [0.2, 0.25) is 0 Å². The third-order valence-corrected chi connectivity index (χ3v) is 1.89. The largest absolute Gasteiger partial charge is 0.267 e. The minimum Gasteiger partial charge on any atom is -0.267 e. The van der Waals surface area contributed by atoms with Crippen molar-refractivity contribution in [2.75, 3.05) is 0 Å². The van der Waals surface area contributed by atoms with Crippen LogP contribution in [0.4, 0.5) is 0 Å². The molecule has 2 aromatic rings. The average molecular weight is 171 g/mol. The monoisotopic (exact) mass is 171 g/mol. The molecule has 2 rings (SSSR count). The maximum Gasteiger partial charge on any atom is 0.0673 e. The number of aryl methyl sites for hydroxylation is 1. The molecule has 0 aliphatic rings. The highest BCUT2D eigenvalue weighted by molar-refractivity contribution is 5.14. The number of nitrogens with zero attached hydrogens (tertiary/aromatic N) is 2. The topological polar surface area (TPSA) is 17.8 Å². The summed E-state index contributed by atoms with van der Waals surface area (Å²) in [5.41, 5.74) is 2.20. The number of rotatable bonds is 2. The van der Waals surface area contributed by atoms with Gasteiger partial charge in [0.15, 0.2) is 0 Å². The van der Waals surface area contributed by atoms with Crippen molar-refractivity contribution in [1.82, 2.24) is 9.78 Å². The van der Waals surface area contributed by atoms with Gasteiger partial charge in [0.2, 0.25) is 0 Å². The molecule has 0 atom stereocenters. The minimum atomic E-state index is 0.825. The first-order valence-electron chi connectivity index (χ1n) is 4.30. The van der Waals surface area contributed by atoms with Gasteiger partial charge >= 0.3 is 0 Å². The fourth-order valence-corrected chi connectivity index (χ4v) is 1.27. The average Bonchev–Trinajstić information content (AvgIpc) is 2.53. The summed E-state index contributed by atoms with van der Waals surface area (Å²) in [7, 11) is 0. The van der Waals surface area contributed by atoms with Crippen LogP contribution in [0.1, 0.15) is 11.3 Å². The molecule has 0 amide bonds. The van der Waals surface area contributed by atoms with E-state index in [0.29, 0.717) is 0 Å². The number of hydrogen-bond acceptors (Lipinski definition) is 1. The maximum absolute atomic E-state index is 4.27. The zero-order valence-electron chi connectivity index (χ0n) is 7.57. The highest BCUT2D eigenvalue weighted by atomic mass is 15.3. The second-order valence-electron chi connectivity index (χ2n) is 3.04. The number of benzene rings is 1. The lowest BCUT2D eigenvalue weighted by molar-refractivity contribution is 0.679. The van der Waals surface area contributed by atoms with Gasteiger partial charge in [0.1, 0.15) is 0 Å². The van der Waals surface area contributed by atoms with Gasteiger partial charge in [0, 0.05) is 12.3 Å². The zero-order valence-corrected chi connectivity index (χ0v) is 7.57. The van der Waals surface area contributed by atoms with Crippen LogP contribution in [0.15, 0.2) is 36.5 Å². The fraction of sp³-hybridized carbons (Fsp3) is 0.182. The van der Waals surface area contributed by atoms with Crippen LogP contribution in [-0.4, -0.2) is 9.78 Å². The predicted molar refractivity (Wildman–Crippen MR) is 51.3 cm³/mol. The van der Waals surface area contributed by atoms with Crippen molar-refractivity contribution in [3.05, 3.63) is 53.9 Å². The van der Waals surface area contributed by atoms with Crippen molar-refractivity contribution in [3.8, 4) is 0 Å². The summed E-state index contributed by atoms with van der Waals surface area (Å²) < 4.78 is 1.89. The zero-order chi connectivity index (χ0) is 9.10. The fourth-order valence-electron chi connectivity index (χ4n) is 1.27. The molecule has 2 nitrogen and oxygen atoms in total. The predicted octanol–water partition coefficient (Wildman–Crippen LogP) is 2.04. The first-order valence-corrected chi connectivity index (χ1v) is 4.30. The van der Waals surface area contributed by atoms with Crippen molar-refractivity contribution in [2.45, 2.75) is 13.5 Å². The second kappa shape index (κ2) is 3.44. The van der Waals surface area contributed by atoms with E-state index < -0.39 is 0 Å². The Kier molecular flexibility index (Phi) is 2.13. The Bertz CT molecular complexity index is 376. The van der Waals surface area contributed by atoms with Crippen LogP contribution < -0.4 is 0 Å². The molecule has 1 aromatic carbocycles. The van der Waals surface area contributed by atoms with Gasteiger partial charge in [0.25, 0.3) is 0 Å². The third kappa shape index (κ3) is 1.96. The Morgan fingerprint density at radius 1 is 1.31 bits per heavy atom. The van der Waals surface area contributed by atoms with Crippen molar-refractivity contribution >= 4 is 0 Å². The van der Waals surface area contributed by atoms with Crippen molar-refractivity contribution < 1.29 is 0 Å². The standard InChI is InChI=1S/C11H11N2/c1-10-7-8-13(12-10)9-11-5-3-2-4-6-11/h2-6,8H,9H2,1H3. The summed E-state index contributed by atoms with van der Waals surface area (Å²) in [6.45, 7) is 2.77. The Hall–Kier alpha value is -1.57. The normalized spacial score (nSPS) is 10.2. The lowest BCUT2D eigenvalue weighted by Crippen LogP contribution is -1.99. The van der Waals surface area contributed by atoms with Crippen LogP contribution >= 0.6 is 0 Å². The molecule has 1 aromatic heterocycles. The summed E-state index contributed by atoms with van der Waals surface area (Å²) in [5.74, 6) is 0. The van der Waals surface area contributed by atoms with Crippen LogP contribution in [0.25, 0.3) is 0 Å². The summed E-state index contributed by atoms with van der Waals surface area (Å²) >= 11 is 0. The Morgan fingerprint density at radius 3 is 2.69 bits per heavy atom. The van der Waals surface area contributed by atoms with E-state index in [0.717, 1.165) is 12.2 Å². The molecule has 2 heteroatoms. The van der Waals surface area contributed by atoms with Gasteiger partial charge < -0.3 is 0 Å². The molecular weight excluding hydrogens is 160 g/mol. The van der Waals surface area contributed by atoms with Crippen molar-refractivity contribution in [2.24, 2.45) is 0 Å². The van der Waals surface area contributed by atoms with Crippen molar-refractivity contribution in [1.29, 1.82) is 0 Å². The maximum atomic E-state index is 4.27. The first-order chi connectivity index (χ1) is 6.34. The molecule has 0 unspecified atom stereocenters. The summed E-state index contributed by atoms with van der Waals surface area (Å²) in [6, 6.07) is 13.3. The SMILES string of the molecule is Cc1[c]cn(Cc2ccccc2)n1. The Labute approximate surface area is 77.8 Å². The Balaban J connectivity index is 2.15. The molecule has 0 aliphatic heterocycles. The van der Waals surface area contributed by atoms with Crippen LogP contribution in [0, 0.1) is 13.0 Å². The molecule has 0 fully saturated rings. The van der Waals surface area contributed by atoms with Gasteiger partial charge in [-0.1, -0.05) is 30.3 Å². The Morgan fingerprint density at radius 2 is 2.08 bits per heavy atom. The van der Waals surface area contributed by atoms with Gasteiger partial charge in [0.05, 0.1) is 12.2 Å². The first kappa shape index (κ1) is 8.05. The molecule has 1 heterocycles. The molecule has 0 N–H and O–H groups in total.